The third-order valence-electron chi connectivity index (χ3n) is 11.7. The second-order valence-electron chi connectivity index (χ2n) is 14.1. The zero-order valence-electron chi connectivity index (χ0n) is 23.7. The summed E-state index contributed by atoms with van der Waals surface area (Å²) in [5.74, 6) is 4.61. The van der Waals surface area contributed by atoms with E-state index in [0.717, 1.165) is 48.3 Å². The molecule has 0 aliphatic heterocycles. The lowest BCUT2D eigenvalue weighted by Crippen LogP contribution is -2.54. The summed E-state index contributed by atoms with van der Waals surface area (Å²) in [5, 5.41) is 11.2. The molecule has 0 bridgehead atoms. The SMILES string of the molecule is CC(C)CCCC(C)[C@H]1CCC2C3CCC4C[C@@H](OCC(=O)NCC(=O)O)CC[C@]4(C)C3CC[C@@]21C. The van der Waals surface area contributed by atoms with Crippen molar-refractivity contribution < 1.29 is 19.4 Å². The van der Waals surface area contributed by atoms with Crippen molar-refractivity contribution in [1.29, 1.82) is 0 Å². The monoisotopic (exact) mass is 503 g/mol. The van der Waals surface area contributed by atoms with E-state index in [1.54, 1.807) is 0 Å². The highest BCUT2D eigenvalue weighted by Gasteiger charge is 2.60. The number of fused-ring (bicyclic) bond motifs is 5. The predicted octanol–water partition coefficient (Wildman–Crippen LogP) is 6.69. The number of amides is 1. The maximum atomic E-state index is 11.9. The van der Waals surface area contributed by atoms with Crippen LogP contribution in [0.3, 0.4) is 0 Å². The summed E-state index contributed by atoms with van der Waals surface area (Å²) in [6, 6.07) is 0. The lowest BCUT2D eigenvalue weighted by atomic mass is 9.44. The molecule has 0 saturated heterocycles. The van der Waals surface area contributed by atoms with Crippen LogP contribution in [0.4, 0.5) is 0 Å². The highest BCUT2D eigenvalue weighted by molar-refractivity contribution is 5.81. The van der Waals surface area contributed by atoms with Crippen LogP contribution < -0.4 is 5.32 Å². The van der Waals surface area contributed by atoms with E-state index in [4.69, 9.17) is 9.84 Å². The van der Waals surface area contributed by atoms with Gasteiger partial charge in [0, 0.05) is 0 Å². The molecule has 1 amide bonds. The van der Waals surface area contributed by atoms with Crippen LogP contribution in [-0.2, 0) is 14.3 Å². The van der Waals surface area contributed by atoms with E-state index in [0.29, 0.717) is 16.7 Å². The van der Waals surface area contributed by atoms with Gasteiger partial charge in [-0.05, 0) is 110 Å². The second-order valence-corrected chi connectivity index (χ2v) is 14.1. The fraction of sp³-hybridized carbons (Fsp3) is 0.935. The Balaban J connectivity index is 1.33. The molecule has 0 spiro atoms. The molecule has 0 aromatic heterocycles. The summed E-state index contributed by atoms with van der Waals surface area (Å²) in [6.07, 6.45) is 16.0. The maximum absolute atomic E-state index is 11.9. The lowest BCUT2D eigenvalue weighted by Gasteiger charge is -2.61. The van der Waals surface area contributed by atoms with Crippen molar-refractivity contribution >= 4 is 11.9 Å². The van der Waals surface area contributed by atoms with Gasteiger partial charge in [0.15, 0.2) is 0 Å². The number of rotatable bonds is 10. The van der Waals surface area contributed by atoms with Crippen LogP contribution in [0.15, 0.2) is 0 Å². The van der Waals surface area contributed by atoms with E-state index in [9.17, 15) is 9.59 Å². The topological polar surface area (TPSA) is 75.6 Å². The summed E-state index contributed by atoms with van der Waals surface area (Å²) >= 11 is 0. The smallest absolute Gasteiger partial charge is 0.322 e. The van der Waals surface area contributed by atoms with Crippen LogP contribution >= 0.6 is 0 Å². The highest BCUT2D eigenvalue weighted by Crippen LogP contribution is 2.68. The standard InChI is InChI=1S/C31H53NO4/c1-20(2)7-6-8-21(3)25-11-12-26-24-10-9-22-17-23(36-19-28(33)32-18-29(34)35)13-15-30(22,4)27(24)14-16-31(25,26)5/h20-27H,6-19H2,1-5H3,(H,32,33)(H,34,35)/t21?,22?,23-,24?,25+,26?,27?,30-,31+/m0/s1. The van der Waals surface area contributed by atoms with Gasteiger partial charge in [0.1, 0.15) is 13.2 Å². The molecule has 4 saturated carbocycles. The first-order valence-electron chi connectivity index (χ1n) is 15.1. The Hall–Kier alpha value is -1.10. The van der Waals surface area contributed by atoms with E-state index in [1.165, 1.54) is 64.2 Å². The van der Waals surface area contributed by atoms with Crippen LogP contribution in [0.5, 0.6) is 0 Å². The van der Waals surface area contributed by atoms with Crippen molar-refractivity contribution in [3.05, 3.63) is 0 Å². The van der Waals surface area contributed by atoms with Crippen LogP contribution in [0, 0.1) is 52.3 Å². The molecule has 4 rings (SSSR count). The van der Waals surface area contributed by atoms with E-state index in [-0.39, 0.29) is 25.2 Å². The molecule has 4 aliphatic carbocycles. The Labute approximate surface area is 219 Å². The number of carboxylic acid groups (broad SMARTS) is 1. The van der Waals surface area contributed by atoms with Gasteiger partial charge in [-0.25, -0.2) is 0 Å². The van der Waals surface area contributed by atoms with Crippen molar-refractivity contribution in [2.45, 2.75) is 118 Å². The molecule has 36 heavy (non-hydrogen) atoms. The third-order valence-corrected chi connectivity index (χ3v) is 11.7. The van der Waals surface area contributed by atoms with Gasteiger partial charge in [-0.3, -0.25) is 9.59 Å². The molecule has 9 atom stereocenters. The summed E-state index contributed by atoms with van der Waals surface area (Å²) in [4.78, 5) is 22.6. The van der Waals surface area contributed by atoms with Crippen LogP contribution in [0.25, 0.3) is 0 Å². The van der Waals surface area contributed by atoms with Gasteiger partial charge in [0.25, 0.3) is 0 Å². The summed E-state index contributed by atoms with van der Waals surface area (Å²) < 4.78 is 5.97. The molecule has 0 heterocycles. The number of aliphatic carboxylic acids is 1. The molecular weight excluding hydrogens is 450 g/mol. The number of carbonyl (C=O) groups is 2. The fourth-order valence-corrected chi connectivity index (χ4v) is 9.81. The Morgan fingerprint density at radius 1 is 0.944 bits per heavy atom. The zero-order valence-corrected chi connectivity index (χ0v) is 23.7. The average molecular weight is 504 g/mol. The lowest BCUT2D eigenvalue weighted by molar-refractivity contribution is -0.145. The van der Waals surface area contributed by atoms with Crippen molar-refractivity contribution in [3.8, 4) is 0 Å². The molecule has 4 fully saturated rings. The van der Waals surface area contributed by atoms with Gasteiger partial charge in [-0.2, -0.15) is 0 Å². The van der Waals surface area contributed by atoms with Gasteiger partial charge in [-0.15, -0.1) is 0 Å². The molecule has 4 aliphatic rings. The maximum Gasteiger partial charge on any atom is 0.322 e. The summed E-state index contributed by atoms with van der Waals surface area (Å²) in [7, 11) is 0. The van der Waals surface area contributed by atoms with Crippen LogP contribution in [0.1, 0.15) is 112 Å². The predicted molar refractivity (Wildman–Crippen MR) is 143 cm³/mol. The highest BCUT2D eigenvalue weighted by atomic mass is 16.5. The number of ether oxygens (including phenoxy) is 1. The van der Waals surface area contributed by atoms with E-state index in [1.807, 2.05) is 0 Å². The second kappa shape index (κ2) is 11.3. The van der Waals surface area contributed by atoms with E-state index in [2.05, 4.69) is 39.9 Å². The molecule has 206 valence electrons. The van der Waals surface area contributed by atoms with Gasteiger partial charge < -0.3 is 15.2 Å². The Bertz CT molecular complexity index is 783. The van der Waals surface area contributed by atoms with Gasteiger partial charge >= 0.3 is 5.97 Å². The molecule has 0 aromatic rings. The van der Waals surface area contributed by atoms with E-state index >= 15 is 0 Å². The number of carbonyl (C=O) groups excluding carboxylic acids is 1. The molecule has 0 aromatic carbocycles. The first-order chi connectivity index (χ1) is 17.0. The Kier molecular flexibility index (Phi) is 8.79. The number of hydrogen-bond acceptors (Lipinski definition) is 3. The zero-order chi connectivity index (χ0) is 26.1. The Morgan fingerprint density at radius 3 is 2.39 bits per heavy atom. The molecule has 2 N–H and O–H groups in total. The van der Waals surface area contributed by atoms with Crippen molar-refractivity contribution in [1.82, 2.24) is 5.32 Å². The molecule has 5 heteroatoms. The molecule has 0 radical (unpaired) electrons. The molecule has 5 unspecified atom stereocenters. The summed E-state index contributed by atoms with van der Waals surface area (Å²) in [5.41, 5.74) is 0.960. The fourth-order valence-electron chi connectivity index (χ4n) is 9.81. The Morgan fingerprint density at radius 2 is 1.67 bits per heavy atom. The number of carboxylic acids is 1. The minimum Gasteiger partial charge on any atom is -0.480 e. The minimum absolute atomic E-state index is 0.0232. The van der Waals surface area contributed by atoms with Gasteiger partial charge in [0.05, 0.1) is 6.10 Å². The largest absolute Gasteiger partial charge is 0.480 e. The van der Waals surface area contributed by atoms with E-state index < -0.39 is 5.97 Å². The first kappa shape index (κ1) is 27.9. The van der Waals surface area contributed by atoms with Crippen molar-refractivity contribution in [2.24, 2.45) is 52.3 Å². The number of hydrogen-bond donors (Lipinski definition) is 2. The normalized spacial score (nSPS) is 40.7. The molecule has 5 nitrogen and oxygen atoms in total. The van der Waals surface area contributed by atoms with Crippen molar-refractivity contribution in [2.75, 3.05) is 13.2 Å². The van der Waals surface area contributed by atoms with Crippen LogP contribution in [0.2, 0.25) is 0 Å². The first-order valence-corrected chi connectivity index (χ1v) is 15.1. The minimum atomic E-state index is -1.02. The molecular formula is C31H53NO4. The quantitative estimate of drug-likeness (QED) is 0.348. The van der Waals surface area contributed by atoms with Crippen molar-refractivity contribution in [3.63, 3.8) is 0 Å². The third kappa shape index (κ3) is 5.66. The average Bonchev–Trinajstić information content (AvgIpc) is 3.18. The number of nitrogens with one attached hydrogen (secondary N) is 1. The van der Waals surface area contributed by atoms with Gasteiger partial charge in [-0.1, -0.05) is 53.9 Å². The summed E-state index contributed by atoms with van der Waals surface area (Å²) in [6.45, 7) is 12.2. The van der Waals surface area contributed by atoms with Gasteiger partial charge in [0.2, 0.25) is 5.91 Å². The van der Waals surface area contributed by atoms with Crippen LogP contribution in [-0.4, -0.2) is 36.2 Å².